The number of hydrogen-bond donors (Lipinski definition) is 2. The second-order valence-corrected chi connectivity index (χ2v) is 5.49. The third-order valence-electron chi connectivity index (χ3n) is 3.72. The third kappa shape index (κ3) is 3.15. The number of aromatic nitrogens is 2. The van der Waals surface area contributed by atoms with Gasteiger partial charge in [-0.1, -0.05) is 0 Å². The van der Waals surface area contributed by atoms with Crippen molar-refractivity contribution in [3.05, 3.63) is 51.8 Å². The van der Waals surface area contributed by atoms with Crippen molar-refractivity contribution in [2.24, 2.45) is 0 Å². The van der Waals surface area contributed by atoms with Gasteiger partial charge in [0, 0.05) is 30.9 Å². The zero-order valence-corrected chi connectivity index (χ0v) is 12.5. The van der Waals surface area contributed by atoms with Gasteiger partial charge in [0.15, 0.2) is 5.69 Å². The molecule has 3 heterocycles. The second-order valence-electron chi connectivity index (χ2n) is 5.49. The molecule has 0 aromatic carbocycles. The average Bonchev–Trinajstić information content (AvgIpc) is 3.17. The first-order valence-corrected chi connectivity index (χ1v) is 7.23. The van der Waals surface area contributed by atoms with Crippen molar-refractivity contribution in [3.8, 4) is 0 Å². The highest BCUT2D eigenvalue weighted by Gasteiger charge is 2.29. The standard InChI is InChI=1S/C15H16N4O4/c1-9-6-12(20)13(18-17-9)14(21)16-11-2-4-19(7-11)15(22)10-3-5-23-8-10/h3,5-6,8,11H,2,4,7H2,1H3,(H,16,21)(H,17,20)/t11-/m1/s1. The summed E-state index contributed by atoms with van der Waals surface area (Å²) in [4.78, 5) is 37.7. The van der Waals surface area contributed by atoms with Gasteiger partial charge in [0.1, 0.15) is 6.26 Å². The molecule has 1 atom stereocenters. The molecule has 1 fully saturated rings. The molecule has 0 saturated carbocycles. The van der Waals surface area contributed by atoms with E-state index < -0.39 is 11.3 Å². The van der Waals surface area contributed by atoms with Crippen LogP contribution in [0.4, 0.5) is 0 Å². The Hall–Kier alpha value is -2.90. The number of amides is 2. The molecule has 0 unspecified atom stereocenters. The van der Waals surface area contributed by atoms with E-state index in [9.17, 15) is 14.4 Å². The Morgan fingerprint density at radius 1 is 1.48 bits per heavy atom. The molecule has 23 heavy (non-hydrogen) atoms. The lowest BCUT2D eigenvalue weighted by Gasteiger charge is -2.16. The lowest BCUT2D eigenvalue weighted by Crippen LogP contribution is -2.40. The topological polar surface area (TPSA) is 108 Å². The van der Waals surface area contributed by atoms with Crippen LogP contribution in [0.3, 0.4) is 0 Å². The van der Waals surface area contributed by atoms with E-state index in [2.05, 4.69) is 15.5 Å². The summed E-state index contributed by atoms with van der Waals surface area (Å²) in [5.74, 6) is -0.671. The maximum atomic E-state index is 12.2. The van der Waals surface area contributed by atoms with Crippen LogP contribution in [-0.2, 0) is 0 Å². The first-order chi connectivity index (χ1) is 11.0. The van der Waals surface area contributed by atoms with Gasteiger partial charge in [0.25, 0.3) is 11.8 Å². The smallest absolute Gasteiger partial charge is 0.276 e. The summed E-state index contributed by atoms with van der Waals surface area (Å²) >= 11 is 0. The lowest BCUT2D eigenvalue weighted by atomic mass is 10.2. The van der Waals surface area contributed by atoms with E-state index in [0.29, 0.717) is 30.8 Å². The molecule has 2 N–H and O–H groups in total. The van der Waals surface area contributed by atoms with Gasteiger partial charge < -0.3 is 14.6 Å². The van der Waals surface area contributed by atoms with Gasteiger partial charge in [-0.15, -0.1) is 0 Å². The fraction of sp³-hybridized carbons (Fsp3) is 0.333. The van der Waals surface area contributed by atoms with Crippen molar-refractivity contribution in [3.63, 3.8) is 0 Å². The van der Waals surface area contributed by atoms with Crippen molar-refractivity contribution in [2.75, 3.05) is 13.1 Å². The summed E-state index contributed by atoms with van der Waals surface area (Å²) in [5, 5.41) is 9.13. The SMILES string of the molecule is Cc1cc(=O)c(C(=O)N[C@@H]2CCN(C(=O)c3ccoc3)C2)n[nH]1. The van der Waals surface area contributed by atoms with E-state index in [4.69, 9.17) is 4.42 Å². The summed E-state index contributed by atoms with van der Waals surface area (Å²) in [7, 11) is 0. The zero-order valence-electron chi connectivity index (χ0n) is 12.5. The van der Waals surface area contributed by atoms with Crippen LogP contribution in [0.2, 0.25) is 0 Å². The van der Waals surface area contributed by atoms with Crippen LogP contribution >= 0.6 is 0 Å². The Morgan fingerprint density at radius 2 is 2.30 bits per heavy atom. The number of likely N-dealkylation sites (tertiary alicyclic amines) is 1. The summed E-state index contributed by atoms with van der Waals surface area (Å²) in [5.41, 5.74) is 0.469. The third-order valence-corrected chi connectivity index (χ3v) is 3.72. The molecule has 2 aromatic rings. The number of nitrogens with zero attached hydrogens (tertiary/aromatic N) is 2. The number of furan rings is 1. The molecule has 3 rings (SSSR count). The maximum Gasteiger partial charge on any atom is 0.276 e. The Morgan fingerprint density at radius 3 is 3.00 bits per heavy atom. The number of aryl methyl sites for hydroxylation is 1. The molecule has 1 saturated heterocycles. The molecular formula is C15H16N4O4. The molecule has 0 bridgehead atoms. The van der Waals surface area contributed by atoms with Crippen LogP contribution < -0.4 is 10.7 Å². The molecule has 0 spiro atoms. The van der Waals surface area contributed by atoms with Gasteiger partial charge in [-0.3, -0.25) is 19.5 Å². The van der Waals surface area contributed by atoms with E-state index in [0.717, 1.165) is 0 Å². The van der Waals surface area contributed by atoms with Crippen LogP contribution in [0.5, 0.6) is 0 Å². The highest BCUT2D eigenvalue weighted by molar-refractivity contribution is 5.94. The predicted molar refractivity (Wildman–Crippen MR) is 80.1 cm³/mol. The van der Waals surface area contributed by atoms with Crippen LogP contribution in [0.1, 0.15) is 33.0 Å². The van der Waals surface area contributed by atoms with Crippen LogP contribution in [0, 0.1) is 6.92 Å². The summed E-state index contributed by atoms with van der Waals surface area (Å²) < 4.78 is 4.90. The molecule has 2 amide bonds. The fourth-order valence-electron chi connectivity index (χ4n) is 2.54. The largest absolute Gasteiger partial charge is 0.472 e. The van der Waals surface area contributed by atoms with E-state index >= 15 is 0 Å². The molecule has 8 nitrogen and oxygen atoms in total. The first kappa shape index (κ1) is 15.0. The second kappa shape index (κ2) is 6.07. The van der Waals surface area contributed by atoms with Crippen molar-refractivity contribution in [1.29, 1.82) is 0 Å². The zero-order chi connectivity index (χ0) is 16.4. The minimum atomic E-state index is -0.533. The Balaban J connectivity index is 1.62. The van der Waals surface area contributed by atoms with Crippen molar-refractivity contribution < 1.29 is 14.0 Å². The monoisotopic (exact) mass is 316 g/mol. The quantitative estimate of drug-likeness (QED) is 0.847. The number of carbonyl (C=O) groups excluding carboxylic acids is 2. The van der Waals surface area contributed by atoms with E-state index in [1.807, 2.05) is 0 Å². The molecule has 0 aliphatic carbocycles. The van der Waals surface area contributed by atoms with Gasteiger partial charge in [0.2, 0.25) is 5.43 Å². The number of aromatic amines is 1. The van der Waals surface area contributed by atoms with Crippen molar-refractivity contribution >= 4 is 11.8 Å². The average molecular weight is 316 g/mol. The molecule has 2 aromatic heterocycles. The molecule has 1 aliphatic heterocycles. The van der Waals surface area contributed by atoms with Crippen LogP contribution in [-0.4, -0.2) is 46.0 Å². The van der Waals surface area contributed by atoms with Gasteiger partial charge in [-0.25, -0.2) is 0 Å². The summed E-state index contributed by atoms with van der Waals surface area (Å²) in [6.45, 7) is 2.61. The van der Waals surface area contributed by atoms with Gasteiger partial charge in [0.05, 0.1) is 11.8 Å². The number of rotatable bonds is 3. The van der Waals surface area contributed by atoms with Crippen molar-refractivity contribution in [1.82, 2.24) is 20.4 Å². The number of H-pyrrole nitrogens is 1. The first-order valence-electron chi connectivity index (χ1n) is 7.23. The highest BCUT2D eigenvalue weighted by Crippen LogP contribution is 2.14. The Bertz CT molecular complexity index is 781. The highest BCUT2D eigenvalue weighted by atomic mass is 16.3. The lowest BCUT2D eigenvalue weighted by molar-refractivity contribution is 0.0782. The minimum absolute atomic E-state index is 0.137. The minimum Gasteiger partial charge on any atom is -0.472 e. The number of hydrogen-bond acceptors (Lipinski definition) is 5. The van der Waals surface area contributed by atoms with E-state index in [-0.39, 0.29) is 17.6 Å². The van der Waals surface area contributed by atoms with Gasteiger partial charge in [-0.05, 0) is 19.4 Å². The van der Waals surface area contributed by atoms with Crippen molar-refractivity contribution in [2.45, 2.75) is 19.4 Å². The molecule has 8 heteroatoms. The molecule has 0 radical (unpaired) electrons. The predicted octanol–water partition coefficient (Wildman–Crippen LogP) is 0.316. The Kier molecular flexibility index (Phi) is 3.96. The maximum absolute atomic E-state index is 12.2. The molecule has 120 valence electrons. The summed E-state index contributed by atoms with van der Waals surface area (Å²) in [6.07, 6.45) is 3.46. The van der Waals surface area contributed by atoms with Crippen LogP contribution in [0.25, 0.3) is 0 Å². The Labute approximate surface area is 131 Å². The summed E-state index contributed by atoms with van der Waals surface area (Å²) in [6, 6.07) is 2.72. The number of carbonyl (C=O) groups is 2. The molecular weight excluding hydrogens is 300 g/mol. The van der Waals surface area contributed by atoms with Crippen LogP contribution in [0.15, 0.2) is 33.9 Å². The van der Waals surface area contributed by atoms with Gasteiger partial charge >= 0.3 is 0 Å². The normalized spacial score (nSPS) is 17.3. The molecule has 1 aliphatic rings. The van der Waals surface area contributed by atoms with E-state index in [1.165, 1.54) is 18.6 Å². The van der Waals surface area contributed by atoms with Gasteiger partial charge in [-0.2, -0.15) is 5.10 Å². The number of nitrogens with one attached hydrogen (secondary N) is 2. The fourth-order valence-corrected chi connectivity index (χ4v) is 2.54. The van der Waals surface area contributed by atoms with E-state index in [1.54, 1.807) is 17.9 Å².